The van der Waals surface area contributed by atoms with Crippen LogP contribution < -0.4 is 5.56 Å². The molecule has 0 saturated carbocycles. The molecule has 2 aliphatic carbocycles. The van der Waals surface area contributed by atoms with E-state index >= 15 is 0 Å². The van der Waals surface area contributed by atoms with Gasteiger partial charge in [-0.15, -0.1) is 5.73 Å². The number of carboxylic acids is 1. The van der Waals surface area contributed by atoms with Crippen molar-refractivity contribution in [3.05, 3.63) is 57.2 Å². The number of aliphatic carboxylic acids is 1. The molecule has 39 heavy (non-hydrogen) atoms. The summed E-state index contributed by atoms with van der Waals surface area (Å²) in [7, 11) is 0. The fourth-order valence-corrected chi connectivity index (χ4v) is 7.41. The van der Waals surface area contributed by atoms with Gasteiger partial charge in [-0.3, -0.25) is 9.69 Å². The molecule has 3 heterocycles. The summed E-state index contributed by atoms with van der Waals surface area (Å²) in [5, 5.41) is 22.5. The lowest BCUT2D eigenvalue weighted by Gasteiger charge is -2.53. The van der Waals surface area contributed by atoms with Crippen molar-refractivity contribution >= 4 is 22.7 Å². The molecule has 4 aliphatic rings. The predicted octanol–water partition coefficient (Wildman–Crippen LogP) is 3.94. The van der Waals surface area contributed by atoms with Gasteiger partial charge in [-0.05, 0) is 87.5 Å². The highest BCUT2D eigenvalue weighted by Gasteiger charge is 2.43. The maximum atomic E-state index is 14.0. The summed E-state index contributed by atoms with van der Waals surface area (Å²) in [4.78, 5) is 38.2. The van der Waals surface area contributed by atoms with Crippen molar-refractivity contribution in [2.45, 2.75) is 94.8 Å². The summed E-state index contributed by atoms with van der Waals surface area (Å²) in [6.45, 7) is -0.488. The van der Waals surface area contributed by atoms with Crippen LogP contribution in [0.5, 0.6) is 0 Å². The number of rotatable bonds is 7. The van der Waals surface area contributed by atoms with Gasteiger partial charge in [0.1, 0.15) is 6.61 Å². The Labute approximate surface area is 227 Å². The van der Waals surface area contributed by atoms with Crippen molar-refractivity contribution in [3.63, 3.8) is 0 Å². The van der Waals surface area contributed by atoms with Gasteiger partial charge in [-0.25, -0.2) is 9.78 Å². The number of aliphatic hydroxyl groups is 1. The smallest absolute Gasteiger partial charge is 0.360 e. The molecule has 2 saturated heterocycles. The summed E-state index contributed by atoms with van der Waals surface area (Å²) in [6, 6.07) is 8.63. The number of nitrogens with zero attached hydrogens (tertiary/aromatic N) is 4. The molecule has 3 atom stereocenters. The van der Waals surface area contributed by atoms with Crippen LogP contribution in [0.1, 0.15) is 82.4 Å². The number of fused-ring (bicyclic) bond motifs is 3. The molecule has 0 amide bonds. The van der Waals surface area contributed by atoms with Crippen LogP contribution in [0.15, 0.2) is 51.1 Å². The van der Waals surface area contributed by atoms with E-state index in [1.54, 1.807) is 10.6 Å². The van der Waals surface area contributed by atoms with Crippen LogP contribution in [0, 0.1) is 0 Å². The number of hydrogen-bond donors (Lipinski definition) is 2. The van der Waals surface area contributed by atoms with Crippen molar-refractivity contribution < 1.29 is 19.8 Å². The standard InChI is InChI=1S/C30H36N4O5/c35-12-13-39-32-28(30(37)38)27-29(36)34(26-11-4-3-10-25(26)31-27)24-17-21-8-5-9-22(18-24)33(21)23-15-19-6-1-2-7-20(14-19)16-23/h3-4,10-11,21-24,35H,1-2,5-9,12-13,15-18H2,(H,37,38)/b32-28-/t21-,22+,24?. The Bertz CT molecular complexity index is 1390. The van der Waals surface area contributed by atoms with Crippen LogP contribution in [0.3, 0.4) is 0 Å². The van der Waals surface area contributed by atoms with Crippen LogP contribution in [0.2, 0.25) is 0 Å². The molecule has 1 aromatic carbocycles. The molecule has 2 fully saturated rings. The summed E-state index contributed by atoms with van der Waals surface area (Å²) in [6.07, 6.45) is 12.2. The molecule has 1 unspecified atom stereocenters. The van der Waals surface area contributed by atoms with Crippen molar-refractivity contribution in [2.24, 2.45) is 5.16 Å². The molecule has 0 spiro atoms. The van der Waals surface area contributed by atoms with Crippen molar-refractivity contribution in [3.8, 4) is 0 Å². The SMILES string of the molecule is O=C(O)/C(=N\OCCO)c1nc2ccccc2n(C2C[C@H]3CCC[C@@H](C2)N3C2CC3=C=C(CCCC3)C2)c1=O. The topological polar surface area (TPSA) is 117 Å². The molecule has 0 radical (unpaired) electrons. The third-order valence-corrected chi connectivity index (χ3v) is 8.88. The van der Waals surface area contributed by atoms with Crippen molar-refractivity contribution in [1.29, 1.82) is 0 Å². The van der Waals surface area contributed by atoms with Crippen molar-refractivity contribution in [1.82, 2.24) is 14.5 Å². The number of carbonyl (C=O) groups is 1. The zero-order valence-electron chi connectivity index (χ0n) is 22.2. The Morgan fingerprint density at radius 1 is 1.03 bits per heavy atom. The van der Waals surface area contributed by atoms with E-state index in [0.717, 1.165) is 38.5 Å². The molecule has 6 rings (SSSR count). The number of piperidine rings is 2. The Hall–Kier alpha value is -3.26. The first-order chi connectivity index (χ1) is 19.0. The summed E-state index contributed by atoms with van der Waals surface area (Å²) in [5.74, 6) is -1.39. The van der Waals surface area contributed by atoms with E-state index in [9.17, 15) is 14.7 Å². The minimum absolute atomic E-state index is 0.0617. The number of carboxylic acid groups (broad SMARTS) is 1. The minimum atomic E-state index is -1.39. The second kappa shape index (κ2) is 11.1. The molecule has 4 bridgehead atoms. The quantitative estimate of drug-likeness (QED) is 0.240. The van der Waals surface area contributed by atoms with Gasteiger partial charge < -0.3 is 19.6 Å². The van der Waals surface area contributed by atoms with Crippen molar-refractivity contribution in [2.75, 3.05) is 13.2 Å². The van der Waals surface area contributed by atoms with Gasteiger partial charge in [0.2, 0.25) is 5.71 Å². The van der Waals surface area contributed by atoms with Gasteiger partial charge in [0.15, 0.2) is 5.69 Å². The van der Waals surface area contributed by atoms with Gasteiger partial charge in [-0.2, -0.15) is 0 Å². The van der Waals surface area contributed by atoms with E-state index in [-0.39, 0.29) is 24.9 Å². The second-order valence-electron chi connectivity index (χ2n) is 11.3. The van der Waals surface area contributed by atoms with E-state index in [1.807, 2.05) is 18.2 Å². The van der Waals surface area contributed by atoms with Gasteiger partial charge in [-0.1, -0.05) is 23.7 Å². The first kappa shape index (κ1) is 26.0. The number of aromatic nitrogens is 2. The van der Waals surface area contributed by atoms with Gasteiger partial charge in [0.25, 0.3) is 5.56 Å². The van der Waals surface area contributed by atoms with Crippen LogP contribution in [-0.2, 0) is 9.63 Å². The number of para-hydroxylation sites is 2. The highest BCUT2D eigenvalue weighted by molar-refractivity contribution is 6.41. The van der Waals surface area contributed by atoms with Gasteiger partial charge >= 0.3 is 5.97 Å². The number of oxime groups is 1. The van der Waals surface area contributed by atoms with Crippen LogP contribution in [0.4, 0.5) is 0 Å². The number of hydrogen-bond acceptors (Lipinski definition) is 7. The molecule has 2 N–H and O–H groups in total. The number of benzene rings is 1. The first-order valence-electron chi connectivity index (χ1n) is 14.3. The highest BCUT2D eigenvalue weighted by Crippen LogP contribution is 2.44. The van der Waals surface area contributed by atoms with Gasteiger partial charge in [0, 0.05) is 24.2 Å². The predicted molar refractivity (Wildman–Crippen MR) is 147 cm³/mol. The lowest BCUT2D eigenvalue weighted by Crippen LogP contribution is -2.57. The molecule has 9 heteroatoms. The molecular weight excluding hydrogens is 496 g/mol. The molecule has 1 aromatic heterocycles. The normalized spacial score (nSPS) is 26.1. The average Bonchev–Trinajstić information content (AvgIpc) is 3.09. The number of aliphatic hydroxyl groups excluding tert-OH is 1. The van der Waals surface area contributed by atoms with Crippen LogP contribution in [-0.4, -0.2) is 67.7 Å². The zero-order chi connectivity index (χ0) is 26.9. The molecule has 9 nitrogen and oxygen atoms in total. The Balaban J connectivity index is 1.36. The zero-order valence-corrected chi connectivity index (χ0v) is 22.2. The molecular formula is C30H36N4O5. The Kier molecular flexibility index (Phi) is 7.38. The fraction of sp³-hybridized carbons (Fsp3) is 0.567. The van der Waals surface area contributed by atoms with E-state index in [1.165, 1.54) is 43.3 Å². The maximum absolute atomic E-state index is 14.0. The third kappa shape index (κ3) is 5.07. The van der Waals surface area contributed by atoms with Crippen LogP contribution >= 0.6 is 0 Å². The van der Waals surface area contributed by atoms with E-state index in [2.05, 4.69) is 20.8 Å². The Morgan fingerprint density at radius 2 is 1.72 bits per heavy atom. The Morgan fingerprint density at radius 3 is 2.38 bits per heavy atom. The maximum Gasteiger partial charge on any atom is 0.360 e. The van der Waals surface area contributed by atoms with E-state index in [0.29, 0.717) is 29.2 Å². The summed E-state index contributed by atoms with van der Waals surface area (Å²) < 4.78 is 1.77. The average molecular weight is 533 g/mol. The molecule has 206 valence electrons. The fourth-order valence-electron chi connectivity index (χ4n) is 7.41. The summed E-state index contributed by atoms with van der Waals surface area (Å²) in [5.41, 5.74) is 6.73. The lowest BCUT2D eigenvalue weighted by atomic mass is 9.78. The lowest BCUT2D eigenvalue weighted by molar-refractivity contribution is -0.129. The largest absolute Gasteiger partial charge is 0.476 e. The van der Waals surface area contributed by atoms with E-state index < -0.39 is 17.2 Å². The summed E-state index contributed by atoms with van der Waals surface area (Å²) >= 11 is 0. The van der Waals surface area contributed by atoms with E-state index in [4.69, 9.17) is 9.94 Å². The van der Waals surface area contributed by atoms with Crippen LogP contribution in [0.25, 0.3) is 11.0 Å². The molecule has 2 aromatic rings. The minimum Gasteiger partial charge on any atom is -0.476 e. The monoisotopic (exact) mass is 532 g/mol. The van der Waals surface area contributed by atoms with Gasteiger partial charge in [0.05, 0.1) is 17.6 Å². The second-order valence-corrected chi connectivity index (χ2v) is 11.3. The first-order valence-corrected chi connectivity index (χ1v) is 14.3. The molecule has 2 aliphatic heterocycles. The third-order valence-electron chi connectivity index (χ3n) is 8.88. The highest BCUT2D eigenvalue weighted by atomic mass is 16.6.